The first-order valence-electron chi connectivity index (χ1n) is 11.8. The Morgan fingerprint density at radius 2 is 2.06 bits per heavy atom. The predicted molar refractivity (Wildman–Crippen MR) is 148 cm³/mol. The summed E-state index contributed by atoms with van der Waals surface area (Å²) >= 11 is 6.45. The van der Waals surface area contributed by atoms with E-state index >= 15 is 0 Å². The molecule has 0 saturated heterocycles. The van der Waals surface area contributed by atoms with Crippen molar-refractivity contribution >= 4 is 34.1 Å². The lowest BCUT2D eigenvalue weighted by Gasteiger charge is -2.16. The standard InChI is InChI=1S/C25H29ClN6O2.C2H6/c1-15-10-19(22(29-4)8-9-27)18-6-5-7-23(24(18)32-15)34-14-20-17(11-30-13-21(20)26)12-31-25(33)16(2)28-3;1-2/h5-11,13,16,28H,12,14,27H2,1-4H3,(H,31,33);1-2H3/b9-8-,29-22?;. The molecule has 0 spiro atoms. The summed E-state index contributed by atoms with van der Waals surface area (Å²) in [7, 11) is 3.46. The number of carbonyl (C=O) groups is 1. The number of rotatable bonds is 9. The van der Waals surface area contributed by atoms with Gasteiger partial charge in [-0.2, -0.15) is 0 Å². The van der Waals surface area contributed by atoms with E-state index in [2.05, 4.69) is 20.6 Å². The van der Waals surface area contributed by atoms with E-state index in [1.165, 1.54) is 6.20 Å². The number of likely N-dealkylation sites (N-methyl/N-ethyl adjacent to an activating group) is 1. The minimum atomic E-state index is -0.309. The van der Waals surface area contributed by atoms with Crippen LogP contribution >= 0.6 is 11.6 Å². The molecule has 192 valence electrons. The normalized spacial score (nSPS) is 12.2. The highest BCUT2D eigenvalue weighted by molar-refractivity contribution is 6.31. The molecule has 0 aliphatic carbocycles. The molecule has 2 heterocycles. The number of hydrogen-bond acceptors (Lipinski definition) is 7. The zero-order valence-corrected chi connectivity index (χ0v) is 22.5. The number of aryl methyl sites for hydroxylation is 1. The Kier molecular flexibility index (Phi) is 11.3. The van der Waals surface area contributed by atoms with Crippen LogP contribution in [0.4, 0.5) is 0 Å². The van der Waals surface area contributed by atoms with Crippen molar-refractivity contribution in [2.24, 2.45) is 10.7 Å². The van der Waals surface area contributed by atoms with Crippen LogP contribution in [0.2, 0.25) is 5.02 Å². The van der Waals surface area contributed by atoms with E-state index in [4.69, 9.17) is 27.1 Å². The lowest BCUT2D eigenvalue weighted by molar-refractivity contribution is -0.122. The number of allylic oxidation sites excluding steroid dienone is 1. The smallest absolute Gasteiger partial charge is 0.237 e. The summed E-state index contributed by atoms with van der Waals surface area (Å²) in [6.07, 6.45) is 6.47. The Balaban J connectivity index is 0.00000222. The number of fused-ring (bicyclic) bond motifs is 1. The van der Waals surface area contributed by atoms with Crippen LogP contribution < -0.4 is 21.1 Å². The zero-order valence-electron chi connectivity index (χ0n) is 21.7. The average Bonchev–Trinajstić information content (AvgIpc) is 2.90. The third-order valence-corrected chi connectivity index (χ3v) is 5.77. The topological polar surface area (TPSA) is 115 Å². The second-order valence-corrected chi connectivity index (χ2v) is 8.11. The van der Waals surface area contributed by atoms with Crippen molar-refractivity contribution in [3.8, 4) is 5.75 Å². The lowest BCUT2D eigenvalue weighted by Crippen LogP contribution is -2.40. The van der Waals surface area contributed by atoms with Gasteiger partial charge >= 0.3 is 0 Å². The third-order valence-electron chi connectivity index (χ3n) is 5.45. The van der Waals surface area contributed by atoms with E-state index in [0.29, 0.717) is 16.3 Å². The van der Waals surface area contributed by atoms with Crippen LogP contribution in [-0.2, 0) is 17.9 Å². The molecule has 4 N–H and O–H groups in total. The third kappa shape index (κ3) is 7.02. The van der Waals surface area contributed by atoms with Crippen molar-refractivity contribution in [2.75, 3.05) is 14.1 Å². The zero-order chi connectivity index (χ0) is 26.7. The molecule has 0 aliphatic rings. The van der Waals surface area contributed by atoms with Gasteiger partial charge in [0, 0.05) is 48.2 Å². The molecule has 0 bridgehead atoms. The number of aromatic nitrogens is 2. The summed E-state index contributed by atoms with van der Waals surface area (Å²) in [5.41, 5.74) is 10.4. The molecule has 0 fully saturated rings. The first-order valence-corrected chi connectivity index (χ1v) is 12.2. The maximum absolute atomic E-state index is 12.2. The number of nitrogens with two attached hydrogens (primary N) is 1. The fraction of sp³-hybridized carbons (Fsp3) is 0.333. The van der Waals surface area contributed by atoms with E-state index in [-0.39, 0.29) is 25.1 Å². The Labute approximate surface area is 218 Å². The molecule has 0 saturated carbocycles. The van der Waals surface area contributed by atoms with E-state index in [1.54, 1.807) is 39.5 Å². The first-order chi connectivity index (χ1) is 17.4. The van der Waals surface area contributed by atoms with Crippen molar-refractivity contribution in [1.82, 2.24) is 20.6 Å². The van der Waals surface area contributed by atoms with Gasteiger partial charge in [0.15, 0.2) is 0 Å². The molecule has 3 rings (SSSR count). The van der Waals surface area contributed by atoms with Gasteiger partial charge in [-0.15, -0.1) is 0 Å². The molecule has 2 aromatic heterocycles. The first kappa shape index (κ1) is 28.7. The van der Waals surface area contributed by atoms with Gasteiger partial charge in [-0.05, 0) is 50.9 Å². The molecule has 1 amide bonds. The quantitative estimate of drug-likeness (QED) is 0.369. The Bertz CT molecular complexity index is 1240. The second-order valence-electron chi connectivity index (χ2n) is 7.71. The summed E-state index contributed by atoms with van der Waals surface area (Å²) in [6.45, 7) is 8.19. The molecule has 3 aromatic rings. The molecule has 1 aromatic carbocycles. The number of nitrogens with zero attached hydrogens (tertiary/aromatic N) is 3. The average molecular weight is 511 g/mol. The van der Waals surface area contributed by atoms with E-state index in [0.717, 1.165) is 33.5 Å². The van der Waals surface area contributed by atoms with E-state index in [1.807, 2.05) is 45.0 Å². The number of amides is 1. The van der Waals surface area contributed by atoms with Gasteiger partial charge in [-0.1, -0.05) is 37.6 Å². The SMILES string of the molecule is CC.CN=C(/C=C\N)c1cc(C)nc2c(OCc3c(Cl)cncc3CNC(=O)C(C)NC)cccc12. The summed E-state index contributed by atoms with van der Waals surface area (Å²) < 4.78 is 6.20. The molecule has 36 heavy (non-hydrogen) atoms. The summed E-state index contributed by atoms with van der Waals surface area (Å²) in [5.74, 6) is 0.497. The maximum Gasteiger partial charge on any atom is 0.237 e. The van der Waals surface area contributed by atoms with Gasteiger partial charge < -0.3 is 21.1 Å². The fourth-order valence-electron chi connectivity index (χ4n) is 3.49. The van der Waals surface area contributed by atoms with E-state index in [9.17, 15) is 4.79 Å². The number of nitrogens with one attached hydrogen (secondary N) is 2. The van der Waals surface area contributed by atoms with Crippen LogP contribution in [-0.4, -0.2) is 41.7 Å². The number of pyridine rings is 2. The van der Waals surface area contributed by atoms with Crippen LogP contribution in [0.15, 0.2) is 53.9 Å². The number of benzene rings is 1. The number of hydrogen-bond donors (Lipinski definition) is 3. The maximum atomic E-state index is 12.2. The van der Waals surface area contributed by atoms with Gasteiger partial charge in [-0.3, -0.25) is 14.8 Å². The largest absolute Gasteiger partial charge is 0.487 e. The highest BCUT2D eigenvalue weighted by Crippen LogP contribution is 2.29. The van der Waals surface area contributed by atoms with Crippen LogP contribution in [0.25, 0.3) is 10.9 Å². The van der Waals surface area contributed by atoms with Crippen molar-refractivity contribution in [3.63, 3.8) is 0 Å². The highest BCUT2D eigenvalue weighted by Gasteiger charge is 2.15. The molecule has 1 unspecified atom stereocenters. The molecule has 0 aliphatic heterocycles. The number of ether oxygens (including phenoxy) is 1. The van der Waals surface area contributed by atoms with Crippen LogP contribution in [0.5, 0.6) is 5.75 Å². The van der Waals surface area contributed by atoms with Crippen molar-refractivity contribution in [1.29, 1.82) is 0 Å². The Morgan fingerprint density at radius 1 is 1.31 bits per heavy atom. The molecule has 8 nitrogen and oxygen atoms in total. The van der Waals surface area contributed by atoms with Gasteiger partial charge in [0.25, 0.3) is 0 Å². The minimum absolute atomic E-state index is 0.115. The van der Waals surface area contributed by atoms with Crippen LogP contribution in [0.3, 0.4) is 0 Å². The molecule has 0 radical (unpaired) electrons. The number of para-hydroxylation sites is 1. The van der Waals surface area contributed by atoms with Crippen molar-refractivity contribution in [3.05, 3.63) is 76.3 Å². The van der Waals surface area contributed by atoms with Gasteiger partial charge in [-0.25, -0.2) is 4.98 Å². The number of carbonyl (C=O) groups excluding carboxylic acids is 1. The van der Waals surface area contributed by atoms with E-state index < -0.39 is 0 Å². The second kappa shape index (κ2) is 14.2. The highest BCUT2D eigenvalue weighted by atomic mass is 35.5. The van der Waals surface area contributed by atoms with Crippen LogP contribution in [0, 0.1) is 6.92 Å². The molecule has 9 heteroatoms. The molecular formula is C27H35ClN6O2. The Morgan fingerprint density at radius 3 is 2.72 bits per heavy atom. The van der Waals surface area contributed by atoms with Crippen molar-refractivity contribution in [2.45, 2.75) is 46.9 Å². The van der Waals surface area contributed by atoms with Crippen molar-refractivity contribution < 1.29 is 9.53 Å². The Hall–Kier alpha value is -3.49. The summed E-state index contributed by atoms with van der Waals surface area (Å²) in [6, 6.07) is 7.41. The fourth-order valence-corrected chi connectivity index (χ4v) is 3.72. The number of aliphatic imine (C=N–C) groups is 1. The monoisotopic (exact) mass is 510 g/mol. The van der Waals surface area contributed by atoms with Gasteiger partial charge in [0.1, 0.15) is 17.9 Å². The molecular weight excluding hydrogens is 476 g/mol. The molecule has 1 atom stereocenters. The predicted octanol–water partition coefficient (Wildman–Crippen LogP) is 4.31. The lowest BCUT2D eigenvalue weighted by atomic mass is 10.0. The van der Waals surface area contributed by atoms with Gasteiger partial charge in [0.05, 0.1) is 16.8 Å². The number of halogens is 1. The van der Waals surface area contributed by atoms with Crippen LogP contribution in [0.1, 0.15) is 43.2 Å². The summed E-state index contributed by atoms with van der Waals surface area (Å²) in [4.78, 5) is 25.4. The van der Waals surface area contributed by atoms with Gasteiger partial charge in [0.2, 0.25) is 5.91 Å². The minimum Gasteiger partial charge on any atom is -0.487 e. The summed E-state index contributed by atoms with van der Waals surface area (Å²) in [5, 5.41) is 7.17.